The summed E-state index contributed by atoms with van der Waals surface area (Å²) in [5, 5.41) is 2.50. The zero-order valence-electron chi connectivity index (χ0n) is 17.4. The lowest BCUT2D eigenvalue weighted by atomic mass is 9.85. The van der Waals surface area contributed by atoms with Crippen LogP contribution in [0.25, 0.3) is 10.8 Å². The van der Waals surface area contributed by atoms with Gasteiger partial charge in [0.2, 0.25) is 11.8 Å². The fraction of sp³-hybridized carbons (Fsp3) is 0.520. The lowest BCUT2D eigenvalue weighted by Gasteiger charge is -2.49. The molecule has 156 valence electrons. The number of fused-ring (bicyclic) bond motifs is 5. The summed E-state index contributed by atoms with van der Waals surface area (Å²) < 4.78 is 0. The van der Waals surface area contributed by atoms with Crippen LogP contribution < -0.4 is 0 Å². The molecule has 2 amide bonds. The van der Waals surface area contributed by atoms with Crippen molar-refractivity contribution < 1.29 is 9.59 Å². The summed E-state index contributed by atoms with van der Waals surface area (Å²) >= 11 is 0. The fourth-order valence-corrected chi connectivity index (χ4v) is 6.41. The quantitative estimate of drug-likeness (QED) is 0.774. The SMILES string of the molecule is O=C1C2CC3CCCCC3N2C(=O)C2CN(Cc3ccc4ccccc4c3)CCN12. The predicted molar refractivity (Wildman–Crippen MR) is 116 cm³/mol. The largest absolute Gasteiger partial charge is 0.326 e. The minimum Gasteiger partial charge on any atom is -0.326 e. The van der Waals surface area contributed by atoms with Gasteiger partial charge in [-0.3, -0.25) is 14.5 Å². The first-order valence-corrected chi connectivity index (χ1v) is 11.5. The third-order valence-electron chi connectivity index (χ3n) is 7.88. The smallest absolute Gasteiger partial charge is 0.247 e. The minimum absolute atomic E-state index is 0.186. The van der Waals surface area contributed by atoms with Gasteiger partial charge in [-0.25, -0.2) is 0 Å². The minimum atomic E-state index is -0.302. The Bertz CT molecular complexity index is 1000. The van der Waals surface area contributed by atoms with Gasteiger partial charge in [0.25, 0.3) is 0 Å². The van der Waals surface area contributed by atoms with Crippen molar-refractivity contribution in [2.75, 3.05) is 19.6 Å². The standard InChI is InChI=1S/C25H29N3O2/c29-24-22-14-20-7-3-4-8-21(20)28(22)25(30)23-16-26(11-12-27(23)24)15-17-9-10-18-5-1-2-6-19(18)13-17/h1-2,5-6,9-10,13,20-23H,3-4,7-8,11-12,14-16H2. The van der Waals surface area contributed by atoms with E-state index in [0.29, 0.717) is 25.0 Å². The van der Waals surface area contributed by atoms with Crippen LogP contribution in [0.1, 0.15) is 37.7 Å². The molecule has 2 aromatic rings. The van der Waals surface area contributed by atoms with Crippen molar-refractivity contribution in [3.8, 4) is 0 Å². The van der Waals surface area contributed by atoms with Crippen molar-refractivity contribution >= 4 is 22.6 Å². The van der Waals surface area contributed by atoms with Crippen LogP contribution >= 0.6 is 0 Å². The molecule has 3 heterocycles. The van der Waals surface area contributed by atoms with Crippen LogP contribution in [0.3, 0.4) is 0 Å². The third-order valence-corrected chi connectivity index (χ3v) is 7.88. The van der Waals surface area contributed by atoms with E-state index in [2.05, 4.69) is 47.4 Å². The molecule has 5 nitrogen and oxygen atoms in total. The molecule has 1 saturated carbocycles. The Balaban J connectivity index is 1.21. The molecule has 6 rings (SSSR count). The van der Waals surface area contributed by atoms with Crippen molar-refractivity contribution in [1.29, 1.82) is 0 Å². The first kappa shape index (κ1) is 18.4. The highest BCUT2D eigenvalue weighted by molar-refractivity contribution is 5.98. The van der Waals surface area contributed by atoms with E-state index < -0.39 is 0 Å². The van der Waals surface area contributed by atoms with Gasteiger partial charge in [-0.15, -0.1) is 0 Å². The first-order chi connectivity index (χ1) is 14.7. The highest BCUT2D eigenvalue weighted by Gasteiger charge is 2.55. The van der Waals surface area contributed by atoms with Gasteiger partial charge in [-0.2, -0.15) is 0 Å². The number of carbonyl (C=O) groups is 2. The summed E-state index contributed by atoms with van der Waals surface area (Å²) in [6.45, 7) is 2.98. The summed E-state index contributed by atoms with van der Waals surface area (Å²) in [7, 11) is 0. The second-order valence-electron chi connectivity index (χ2n) is 9.57. The highest BCUT2D eigenvalue weighted by atomic mass is 16.2. The van der Waals surface area contributed by atoms with E-state index in [1.54, 1.807) is 0 Å². The molecule has 4 unspecified atom stereocenters. The Hall–Kier alpha value is -2.40. The Morgan fingerprint density at radius 3 is 2.60 bits per heavy atom. The van der Waals surface area contributed by atoms with Crippen LogP contribution in [-0.4, -0.2) is 64.3 Å². The molecule has 0 radical (unpaired) electrons. The highest BCUT2D eigenvalue weighted by Crippen LogP contribution is 2.43. The zero-order valence-corrected chi connectivity index (χ0v) is 17.4. The first-order valence-electron chi connectivity index (χ1n) is 11.5. The summed E-state index contributed by atoms with van der Waals surface area (Å²) in [6, 6.07) is 14.8. The molecule has 3 aliphatic heterocycles. The van der Waals surface area contributed by atoms with Crippen molar-refractivity contribution in [3.05, 3.63) is 48.0 Å². The van der Waals surface area contributed by atoms with Gasteiger partial charge in [0.05, 0.1) is 0 Å². The molecular formula is C25H29N3O2. The van der Waals surface area contributed by atoms with Crippen molar-refractivity contribution in [3.63, 3.8) is 0 Å². The number of hydrogen-bond donors (Lipinski definition) is 0. The van der Waals surface area contributed by atoms with Crippen LogP contribution in [-0.2, 0) is 16.1 Å². The Labute approximate surface area is 177 Å². The molecular weight excluding hydrogens is 374 g/mol. The summed E-state index contributed by atoms with van der Waals surface area (Å²) in [6.07, 6.45) is 5.58. The van der Waals surface area contributed by atoms with E-state index in [9.17, 15) is 9.59 Å². The second-order valence-corrected chi connectivity index (χ2v) is 9.57. The molecule has 0 spiro atoms. The molecule has 4 aliphatic rings. The lowest BCUT2D eigenvalue weighted by molar-refractivity contribution is -0.165. The summed E-state index contributed by atoms with van der Waals surface area (Å²) in [5.74, 6) is 0.947. The molecule has 2 aromatic carbocycles. The van der Waals surface area contributed by atoms with E-state index in [1.807, 2.05) is 9.80 Å². The molecule has 1 aliphatic carbocycles. The maximum absolute atomic E-state index is 13.5. The molecule has 30 heavy (non-hydrogen) atoms. The van der Waals surface area contributed by atoms with Gasteiger partial charge < -0.3 is 9.80 Å². The van der Waals surface area contributed by atoms with Gasteiger partial charge >= 0.3 is 0 Å². The van der Waals surface area contributed by atoms with Crippen molar-refractivity contribution in [2.24, 2.45) is 5.92 Å². The zero-order chi connectivity index (χ0) is 20.2. The van der Waals surface area contributed by atoms with Crippen LogP contribution in [0.5, 0.6) is 0 Å². The van der Waals surface area contributed by atoms with Gasteiger partial charge in [-0.05, 0) is 47.6 Å². The van der Waals surface area contributed by atoms with Crippen molar-refractivity contribution in [2.45, 2.75) is 56.8 Å². The van der Waals surface area contributed by atoms with Crippen LogP contribution in [0.4, 0.5) is 0 Å². The molecule has 4 atom stereocenters. The van der Waals surface area contributed by atoms with E-state index in [1.165, 1.54) is 35.6 Å². The Morgan fingerprint density at radius 2 is 1.70 bits per heavy atom. The van der Waals surface area contributed by atoms with Crippen molar-refractivity contribution in [1.82, 2.24) is 14.7 Å². The van der Waals surface area contributed by atoms with Gasteiger partial charge in [-0.1, -0.05) is 49.2 Å². The van der Waals surface area contributed by atoms with E-state index in [0.717, 1.165) is 25.9 Å². The predicted octanol–water partition coefficient (Wildman–Crippen LogP) is 3.03. The number of rotatable bonds is 2. The fourth-order valence-electron chi connectivity index (χ4n) is 6.41. The topological polar surface area (TPSA) is 43.9 Å². The number of carbonyl (C=O) groups excluding carboxylic acids is 2. The summed E-state index contributed by atoms with van der Waals surface area (Å²) in [4.78, 5) is 33.0. The molecule has 5 heteroatoms. The molecule has 0 N–H and O–H groups in total. The number of piperazine rings is 2. The molecule has 3 saturated heterocycles. The number of hydrogen-bond acceptors (Lipinski definition) is 3. The molecule has 4 fully saturated rings. The monoisotopic (exact) mass is 403 g/mol. The van der Waals surface area contributed by atoms with Gasteiger partial charge in [0, 0.05) is 32.2 Å². The van der Waals surface area contributed by atoms with Crippen LogP contribution in [0.2, 0.25) is 0 Å². The number of nitrogens with zero attached hydrogens (tertiary/aromatic N) is 3. The van der Waals surface area contributed by atoms with E-state index in [-0.39, 0.29) is 23.9 Å². The third kappa shape index (κ3) is 2.86. The molecule has 0 bridgehead atoms. The Morgan fingerprint density at radius 1 is 0.867 bits per heavy atom. The van der Waals surface area contributed by atoms with Crippen LogP contribution in [0.15, 0.2) is 42.5 Å². The molecule has 0 aromatic heterocycles. The van der Waals surface area contributed by atoms with Gasteiger partial charge in [0.15, 0.2) is 0 Å². The maximum atomic E-state index is 13.5. The van der Waals surface area contributed by atoms with Crippen LogP contribution in [0, 0.1) is 5.92 Å². The maximum Gasteiger partial charge on any atom is 0.247 e. The second kappa shape index (κ2) is 7.09. The average Bonchev–Trinajstić information content (AvgIpc) is 3.17. The normalized spacial score (nSPS) is 31.6. The Kier molecular flexibility index (Phi) is 4.34. The number of amides is 2. The number of benzene rings is 2. The lowest BCUT2D eigenvalue weighted by Crippen LogP contribution is -2.69. The van der Waals surface area contributed by atoms with E-state index in [4.69, 9.17) is 0 Å². The van der Waals surface area contributed by atoms with E-state index >= 15 is 0 Å². The average molecular weight is 404 g/mol. The van der Waals surface area contributed by atoms with Gasteiger partial charge in [0.1, 0.15) is 12.1 Å². The summed E-state index contributed by atoms with van der Waals surface area (Å²) in [5.41, 5.74) is 1.27.